The Balaban J connectivity index is 1.79. The maximum atomic E-state index is 5.96. The summed E-state index contributed by atoms with van der Waals surface area (Å²) in [5, 5.41) is 7.59. The Morgan fingerprint density at radius 2 is 2.33 bits per heavy atom. The molecule has 0 aliphatic heterocycles. The first-order valence-corrected chi connectivity index (χ1v) is 7.25. The van der Waals surface area contributed by atoms with Gasteiger partial charge in [-0.15, -0.1) is 0 Å². The zero-order valence-corrected chi connectivity index (χ0v) is 11.3. The maximum absolute atomic E-state index is 5.96. The number of fused-ring (bicyclic) bond motifs is 1. The third kappa shape index (κ3) is 2.16. The van der Waals surface area contributed by atoms with Crippen molar-refractivity contribution >= 4 is 11.3 Å². The van der Waals surface area contributed by atoms with Crippen LogP contribution in [0.25, 0.3) is 0 Å². The van der Waals surface area contributed by atoms with Gasteiger partial charge in [0, 0.05) is 6.04 Å². The molecule has 1 N–H and O–H groups in total. The zero-order valence-electron chi connectivity index (χ0n) is 10.5. The quantitative estimate of drug-likeness (QED) is 0.907. The minimum absolute atomic E-state index is 0.490. The highest BCUT2D eigenvalue weighted by molar-refractivity contribution is 7.07. The second kappa shape index (κ2) is 5.12. The average Bonchev–Trinajstić information content (AvgIpc) is 3.05. The molecular weight excluding hydrogens is 242 g/mol. The predicted octanol–water partition coefficient (Wildman–Crippen LogP) is 3.53. The molecular formula is C15H17NOS. The van der Waals surface area contributed by atoms with Gasteiger partial charge >= 0.3 is 0 Å². The van der Waals surface area contributed by atoms with Gasteiger partial charge in [0.15, 0.2) is 0 Å². The van der Waals surface area contributed by atoms with Gasteiger partial charge in [0.25, 0.3) is 0 Å². The summed E-state index contributed by atoms with van der Waals surface area (Å²) in [6.45, 7) is 0.671. The molecule has 1 heterocycles. The second-order valence-electron chi connectivity index (χ2n) is 4.62. The third-order valence-electron chi connectivity index (χ3n) is 3.55. The van der Waals surface area contributed by atoms with Gasteiger partial charge in [-0.05, 0) is 59.5 Å². The van der Waals surface area contributed by atoms with Crippen LogP contribution in [-0.2, 0) is 13.0 Å². The Hall–Kier alpha value is -1.32. The van der Waals surface area contributed by atoms with Crippen molar-refractivity contribution in [3.05, 3.63) is 51.7 Å². The van der Waals surface area contributed by atoms with E-state index in [1.165, 1.54) is 23.1 Å². The highest BCUT2D eigenvalue weighted by Gasteiger charge is 2.23. The van der Waals surface area contributed by atoms with Gasteiger partial charge in [0.05, 0.1) is 0 Å². The first kappa shape index (κ1) is 11.8. The molecule has 1 atom stereocenters. The number of ether oxygens (including phenoxy) is 1. The molecule has 94 valence electrons. The molecule has 0 saturated carbocycles. The monoisotopic (exact) mass is 259 g/mol. The number of benzene rings is 1. The zero-order chi connectivity index (χ0) is 12.4. The summed E-state index contributed by atoms with van der Waals surface area (Å²) in [5.74, 6) is 1.05. The fraction of sp³-hybridized carbons (Fsp3) is 0.333. The van der Waals surface area contributed by atoms with E-state index in [0.29, 0.717) is 12.6 Å². The van der Waals surface area contributed by atoms with Crippen molar-refractivity contribution in [3.8, 4) is 5.75 Å². The minimum Gasteiger partial charge on any atom is -0.489 e. The number of hydrogen-bond acceptors (Lipinski definition) is 3. The molecule has 1 aromatic heterocycles. The molecule has 1 aliphatic carbocycles. The predicted molar refractivity (Wildman–Crippen MR) is 75.2 cm³/mol. The summed E-state index contributed by atoms with van der Waals surface area (Å²) in [5.41, 5.74) is 4.04. The van der Waals surface area contributed by atoms with Crippen LogP contribution in [0.2, 0.25) is 0 Å². The van der Waals surface area contributed by atoms with Crippen molar-refractivity contribution in [2.75, 3.05) is 7.05 Å². The lowest BCUT2D eigenvalue weighted by molar-refractivity contribution is 0.304. The molecule has 0 spiro atoms. The molecule has 3 rings (SSSR count). The standard InChI is InChI=1S/C15H17NOS/c1-16-14-6-5-13-12(14)3-2-4-15(13)17-9-11-7-8-18-10-11/h2-4,7-8,10,14,16H,5-6,9H2,1H3. The summed E-state index contributed by atoms with van der Waals surface area (Å²) in [4.78, 5) is 0. The highest BCUT2D eigenvalue weighted by atomic mass is 32.1. The van der Waals surface area contributed by atoms with Gasteiger partial charge < -0.3 is 10.1 Å². The van der Waals surface area contributed by atoms with E-state index in [-0.39, 0.29) is 0 Å². The normalized spacial score (nSPS) is 17.7. The highest BCUT2D eigenvalue weighted by Crippen LogP contribution is 2.36. The van der Waals surface area contributed by atoms with E-state index in [1.54, 1.807) is 11.3 Å². The minimum atomic E-state index is 0.490. The average molecular weight is 259 g/mol. The van der Waals surface area contributed by atoms with Gasteiger partial charge in [-0.25, -0.2) is 0 Å². The Morgan fingerprint density at radius 1 is 1.39 bits per heavy atom. The molecule has 0 amide bonds. The number of rotatable bonds is 4. The molecule has 1 aromatic carbocycles. The number of hydrogen-bond donors (Lipinski definition) is 1. The van der Waals surface area contributed by atoms with Crippen LogP contribution in [0, 0.1) is 0 Å². The number of thiophene rings is 1. The third-order valence-corrected chi connectivity index (χ3v) is 4.28. The van der Waals surface area contributed by atoms with Crippen molar-refractivity contribution < 1.29 is 4.74 Å². The fourth-order valence-corrected chi connectivity index (χ4v) is 3.25. The molecule has 0 radical (unpaired) electrons. The van der Waals surface area contributed by atoms with E-state index in [1.807, 2.05) is 7.05 Å². The van der Waals surface area contributed by atoms with E-state index in [9.17, 15) is 0 Å². The van der Waals surface area contributed by atoms with E-state index in [0.717, 1.165) is 12.2 Å². The van der Waals surface area contributed by atoms with Gasteiger partial charge in [0.1, 0.15) is 12.4 Å². The van der Waals surface area contributed by atoms with E-state index in [2.05, 4.69) is 40.3 Å². The van der Waals surface area contributed by atoms with Crippen molar-refractivity contribution in [2.45, 2.75) is 25.5 Å². The summed E-state index contributed by atoms with van der Waals surface area (Å²) in [6.07, 6.45) is 2.28. The van der Waals surface area contributed by atoms with Crippen molar-refractivity contribution in [2.24, 2.45) is 0 Å². The Kier molecular flexibility index (Phi) is 3.35. The maximum Gasteiger partial charge on any atom is 0.123 e. The molecule has 2 nitrogen and oxygen atoms in total. The lowest BCUT2D eigenvalue weighted by Crippen LogP contribution is -2.12. The Morgan fingerprint density at radius 3 is 3.11 bits per heavy atom. The van der Waals surface area contributed by atoms with Crippen LogP contribution in [0.5, 0.6) is 5.75 Å². The Bertz CT molecular complexity index is 521. The van der Waals surface area contributed by atoms with Gasteiger partial charge in [-0.3, -0.25) is 0 Å². The molecule has 3 heteroatoms. The first-order chi connectivity index (χ1) is 8.88. The molecule has 0 fully saturated rings. The summed E-state index contributed by atoms with van der Waals surface area (Å²) in [7, 11) is 2.03. The molecule has 1 aliphatic rings. The molecule has 18 heavy (non-hydrogen) atoms. The molecule has 0 bridgehead atoms. The van der Waals surface area contributed by atoms with Gasteiger partial charge in [-0.2, -0.15) is 11.3 Å². The molecule has 1 unspecified atom stereocenters. The van der Waals surface area contributed by atoms with Crippen LogP contribution in [0.3, 0.4) is 0 Å². The van der Waals surface area contributed by atoms with Crippen molar-refractivity contribution in [3.63, 3.8) is 0 Å². The van der Waals surface area contributed by atoms with Crippen LogP contribution in [0.4, 0.5) is 0 Å². The van der Waals surface area contributed by atoms with Gasteiger partial charge in [-0.1, -0.05) is 12.1 Å². The SMILES string of the molecule is CNC1CCc2c(OCc3ccsc3)cccc21. The lowest BCUT2D eigenvalue weighted by atomic mass is 10.1. The summed E-state index contributed by atoms with van der Waals surface area (Å²) < 4.78 is 5.96. The largest absolute Gasteiger partial charge is 0.489 e. The Labute approximate surface area is 112 Å². The second-order valence-corrected chi connectivity index (χ2v) is 5.40. The summed E-state index contributed by atoms with van der Waals surface area (Å²) in [6, 6.07) is 9.00. The van der Waals surface area contributed by atoms with Crippen LogP contribution >= 0.6 is 11.3 Å². The van der Waals surface area contributed by atoms with Crippen LogP contribution < -0.4 is 10.1 Å². The van der Waals surface area contributed by atoms with Crippen LogP contribution in [0.15, 0.2) is 35.0 Å². The summed E-state index contributed by atoms with van der Waals surface area (Å²) >= 11 is 1.71. The fourth-order valence-electron chi connectivity index (χ4n) is 2.59. The van der Waals surface area contributed by atoms with E-state index >= 15 is 0 Å². The smallest absolute Gasteiger partial charge is 0.123 e. The van der Waals surface area contributed by atoms with Gasteiger partial charge in [0.2, 0.25) is 0 Å². The van der Waals surface area contributed by atoms with Crippen molar-refractivity contribution in [1.29, 1.82) is 0 Å². The first-order valence-electron chi connectivity index (χ1n) is 6.31. The van der Waals surface area contributed by atoms with E-state index in [4.69, 9.17) is 4.74 Å². The molecule has 2 aromatic rings. The van der Waals surface area contributed by atoms with Crippen molar-refractivity contribution in [1.82, 2.24) is 5.32 Å². The van der Waals surface area contributed by atoms with E-state index < -0.39 is 0 Å². The number of nitrogens with one attached hydrogen (secondary N) is 1. The van der Waals surface area contributed by atoms with Crippen LogP contribution in [0.1, 0.15) is 29.2 Å². The lowest BCUT2D eigenvalue weighted by Gasteiger charge is -2.12. The molecule has 0 saturated heterocycles. The van der Waals surface area contributed by atoms with Crippen LogP contribution in [-0.4, -0.2) is 7.05 Å². The topological polar surface area (TPSA) is 21.3 Å².